The summed E-state index contributed by atoms with van der Waals surface area (Å²) in [6.45, 7) is 6.21. The summed E-state index contributed by atoms with van der Waals surface area (Å²) < 4.78 is 0. The topological polar surface area (TPSA) is 65.6 Å². The number of anilines is 2. The van der Waals surface area contributed by atoms with Gasteiger partial charge in [-0.1, -0.05) is 19.9 Å². The summed E-state index contributed by atoms with van der Waals surface area (Å²) >= 11 is 0. The van der Waals surface area contributed by atoms with E-state index in [-0.39, 0.29) is 0 Å². The summed E-state index contributed by atoms with van der Waals surface area (Å²) in [5.74, 6) is 0. The smallest absolute Gasteiger partial charge is 0.104 e. The third-order valence-electron chi connectivity index (χ3n) is 3.12. The molecule has 0 radical (unpaired) electrons. The van der Waals surface area contributed by atoms with Crippen LogP contribution in [0.2, 0.25) is 0 Å². The zero-order valence-corrected chi connectivity index (χ0v) is 12.0. The van der Waals surface area contributed by atoms with Gasteiger partial charge in [0.25, 0.3) is 0 Å². The summed E-state index contributed by atoms with van der Waals surface area (Å²) in [5, 5.41) is 13.2. The van der Waals surface area contributed by atoms with Crippen LogP contribution in [0.15, 0.2) is 31.1 Å². The molecule has 0 unspecified atom stereocenters. The monoisotopic (exact) mass is 271 g/mol. The zero-order valence-electron chi connectivity index (χ0n) is 12.0. The molecular weight excluding hydrogens is 250 g/mol. The molecule has 2 aromatic heterocycles. The Morgan fingerprint density at radius 1 is 1.35 bits per heavy atom. The maximum Gasteiger partial charge on any atom is 0.104 e. The van der Waals surface area contributed by atoms with Crippen molar-refractivity contribution in [3.05, 3.63) is 42.5 Å². The molecule has 0 bridgehead atoms. The van der Waals surface area contributed by atoms with Crippen LogP contribution in [0.5, 0.6) is 0 Å². The molecule has 106 valence electrons. The molecule has 0 spiro atoms. The predicted molar refractivity (Wildman–Crippen MR) is 83.6 cm³/mol. The van der Waals surface area contributed by atoms with E-state index in [1.807, 2.05) is 19.3 Å². The molecule has 2 heterocycles. The number of rotatable bonds is 7. The SMILES string of the molecule is C=C(Nc1ccc(CCCC)nc1)c1[nH]ncc1NC. The van der Waals surface area contributed by atoms with Gasteiger partial charge in [0.1, 0.15) is 5.69 Å². The van der Waals surface area contributed by atoms with Crippen LogP contribution in [0.1, 0.15) is 31.2 Å². The van der Waals surface area contributed by atoms with Crippen molar-refractivity contribution < 1.29 is 0 Å². The van der Waals surface area contributed by atoms with Crippen molar-refractivity contribution in [3.63, 3.8) is 0 Å². The van der Waals surface area contributed by atoms with Gasteiger partial charge in [-0.2, -0.15) is 5.10 Å². The lowest BCUT2D eigenvalue weighted by Crippen LogP contribution is -2.01. The van der Waals surface area contributed by atoms with Gasteiger partial charge in [0.15, 0.2) is 0 Å². The average molecular weight is 271 g/mol. The minimum absolute atomic E-state index is 0.759. The maximum atomic E-state index is 4.45. The predicted octanol–water partition coefficient (Wildman–Crippen LogP) is 3.27. The van der Waals surface area contributed by atoms with Crippen molar-refractivity contribution in [1.29, 1.82) is 0 Å². The second-order valence-corrected chi connectivity index (χ2v) is 4.65. The van der Waals surface area contributed by atoms with E-state index in [9.17, 15) is 0 Å². The third kappa shape index (κ3) is 3.38. The van der Waals surface area contributed by atoms with Gasteiger partial charge in [-0.05, 0) is 25.0 Å². The number of aromatic nitrogens is 3. The van der Waals surface area contributed by atoms with Crippen molar-refractivity contribution in [1.82, 2.24) is 15.2 Å². The van der Waals surface area contributed by atoms with Gasteiger partial charge >= 0.3 is 0 Å². The third-order valence-corrected chi connectivity index (χ3v) is 3.12. The quantitative estimate of drug-likeness (QED) is 0.723. The first-order valence-corrected chi connectivity index (χ1v) is 6.87. The number of hydrogen-bond donors (Lipinski definition) is 3. The van der Waals surface area contributed by atoms with Gasteiger partial charge in [0, 0.05) is 12.7 Å². The number of aryl methyl sites for hydroxylation is 1. The number of pyridine rings is 1. The Kier molecular flexibility index (Phi) is 4.76. The number of aromatic amines is 1. The maximum absolute atomic E-state index is 4.45. The number of H-pyrrole nitrogens is 1. The van der Waals surface area contributed by atoms with Crippen LogP contribution in [-0.4, -0.2) is 22.2 Å². The summed E-state index contributed by atoms with van der Waals surface area (Å²) in [5.41, 5.74) is 4.57. The highest BCUT2D eigenvalue weighted by molar-refractivity contribution is 5.79. The number of hydrogen-bond acceptors (Lipinski definition) is 4. The lowest BCUT2D eigenvalue weighted by molar-refractivity contribution is 0.777. The Bertz CT molecular complexity index is 556. The van der Waals surface area contributed by atoms with Gasteiger partial charge < -0.3 is 10.6 Å². The Morgan fingerprint density at radius 2 is 2.20 bits per heavy atom. The highest BCUT2D eigenvalue weighted by Gasteiger charge is 2.07. The van der Waals surface area contributed by atoms with E-state index < -0.39 is 0 Å². The first kappa shape index (κ1) is 14.1. The van der Waals surface area contributed by atoms with Gasteiger partial charge in [0.2, 0.25) is 0 Å². The van der Waals surface area contributed by atoms with Crippen LogP contribution < -0.4 is 10.6 Å². The van der Waals surface area contributed by atoms with Crippen LogP contribution in [0, 0.1) is 0 Å². The minimum atomic E-state index is 0.759. The van der Waals surface area contributed by atoms with Gasteiger partial charge in [-0.25, -0.2) is 0 Å². The van der Waals surface area contributed by atoms with E-state index in [0.29, 0.717) is 0 Å². The molecule has 0 aliphatic heterocycles. The fourth-order valence-corrected chi connectivity index (χ4v) is 1.95. The van der Waals surface area contributed by atoms with Crippen molar-refractivity contribution in [2.75, 3.05) is 17.7 Å². The lowest BCUT2D eigenvalue weighted by atomic mass is 10.2. The number of nitrogens with one attached hydrogen (secondary N) is 3. The summed E-state index contributed by atoms with van der Waals surface area (Å²) in [4.78, 5) is 4.45. The van der Waals surface area contributed by atoms with Crippen LogP contribution in [0.4, 0.5) is 11.4 Å². The number of unbranched alkanes of at least 4 members (excludes halogenated alkanes) is 1. The highest BCUT2D eigenvalue weighted by atomic mass is 15.1. The van der Waals surface area contributed by atoms with E-state index in [4.69, 9.17) is 0 Å². The van der Waals surface area contributed by atoms with Crippen molar-refractivity contribution in [2.24, 2.45) is 0 Å². The van der Waals surface area contributed by atoms with E-state index in [1.54, 1.807) is 6.20 Å². The van der Waals surface area contributed by atoms with Crippen molar-refractivity contribution in [2.45, 2.75) is 26.2 Å². The molecule has 0 fully saturated rings. The minimum Gasteiger partial charge on any atom is -0.385 e. The summed E-state index contributed by atoms with van der Waals surface area (Å²) in [6.07, 6.45) is 6.96. The molecule has 20 heavy (non-hydrogen) atoms. The van der Waals surface area contributed by atoms with E-state index in [2.05, 4.69) is 45.4 Å². The van der Waals surface area contributed by atoms with Crippen LogP contribution in [0.25, 0.3) is 5.70 Å². The van der Waals surface area contributed by atoms with Crippen molar-refractivity contribution in [3.8, 4) is 0 Å². The molecule has 0 aromatic carbocycles. The van der Waals surface area contributed by atoms with E-state index in [1.165, 1.54) is 12.8 Å². The summed E-state index contributed by atoms with van der Waals surface area (Å²) in [7, 11) is 1.85. The van der Waals surface area contributed by atoms with Crippen LogP contribution >= 0.6 is 0 Å². The molecule has 5 heteroatoms. The second kappa shape index (κ2) is 6.75. The first-order valence-electron chi connectivity index (χ1n) is 6.87. The lowest BCUT2D eigenvalue weighted by Gasteiger charge is -2.10. The highest BCUT2D eigenvalue weighted by Crippen LogP contribution is 2.21. The molecular formula is C15H21N5. The van der Waals surface area contributed by atoms with Crippen molar-refractivity contribution >= 4 is 17.1 Å². The fraction of sp³-hybridized carbons (Fsp3) is 0.333. The van der Waals surface area contributed by atoms with Gasteiger partial charge in [-0.15, -0.1) is 0 Å². The van der Waals surface area contributed by atoms with Crippen LogP contribution in [-0.2, 0) is 6.42 Å². The zero-order chi connectivity index (χ0) is 14.4. The molecule has 0 saturated heterocycles. The molecule has 0 saturated carbocycles. The molecule has 0 amide bonds. The Morgan fingerprint density at radius 3 is 2.85 bits per heavy atom. The normalized spacial score (nSPS) is 10.3. The Balaban J connectivity index is 2.01. The molecule has 2 aromatic rings. The van der Waals surface area contributed by atoms with Gasteiger partial charge in [-0.3, -0.25) is 10.1 Å². The largest absolute Gasteiger partial charge is 0.385 e. The first-order chi connectivity index (χ1) is 9.74. The second-order valence-electron chi connectivity index (χ2n) is 4.65. The fourth-order valence-electron chi connectivity index (χ4n) is 1.95. The molecule has 0 aliphatic rings. The average Bonchev–Trinajstić information content (AvgIpc) is 2.95. The van der Waals surface area contributed by atoms with Crippen LogP contribution in [0.3, 0.4) is 0 Å². The molecule has 0 atom stereocenters. The standard InChI is InChI=1S/C15H21N5/c1-4-5-6-12-7-8-13(9-17-12)19-11(2)15-14(16-3)10-18-20-15/h7-10,16,19H,2,4-6H2,1,3H3,(H,18,20). The summed E-state index contributed by atoms with van der Waals surface area (Å²) in [6, 6.07) is 4.08. The van der Waals surface area contributed by atoms with E-state index in [0.717, 1.165) is 34.9 Å². The number of nitrogens with zero attached hydrogens (tertiary/aromatic N) is 2. The Labute approximate surface area is 119 Å². The molecule has 3 N–H and O–H groups in total. The van der Waals surface area contributed by atoms with E-state index >= 15 is 0 Å². The molecule has 5 nitrogen and oxygen atoms in total. The van der Waals surface area contributed by atoms with Gasteiger partial charge in [0.05, 0.1) is 29.5 Å². The molecule has 0 aliphatic carbocycles. The Hall–Kier alpha value is -2.30. The molecule has 2 rings (SSSR count).